The number of aromatic nitrogens is 2. The first-order valence-corrected chi connectivity index (χ1v) is 29.0. The van der Waals surface area contributed by atoms with Crippen molar-refractivity contribution in [2.75, 3.05) is 7.11 Å². The van der Waals surface area contributed by atoms with Crippen LogP contribution < -0.4 is 10.3 Å². The van der Waals surface area contributed by atoms with Crippen LogP contribution in [0.5, 0.6) is 17.2 Å². The highest BCUT2D eigenvalue weighted by atomic mass is 32.2. The quantitative estimate of drug-likeness (QED) is 0.0321. The summed E-state index contributed by atoms with van der Waals surface area (Å²) in [6, 6.07) is 16.2. The maximum atomic E-state index is 13.9. The Bertz CT molecular complexity index is 4830. The fourth-order valence-electron chi connectivity index (χ4n) is 7.67. The molecule has 31 nitrogen and oxygen atoms in total. The van der Waals surface area contributed by atoms with E-state index in [9.17, 15) is 89.8 Å². The van der Waals surface area contributed by atoms with E-state index in [1.165, 1.54) is 57.4 Å². The number of aromatic hydroxyl groups is 2. The van der Waals surface area contributed by atoms with E-state index in [1.54, 1.807) is 0 Å². The molecule has 0 aliphatic heterocycles. The number of nitrogens with zero attached hydrogens (tertiary/aromatic N) is 9. The van der Waals surface area contributed by atoms with E-state index < -0.39 is 143 Å². The molecule has 0 fully saturated rings. The molecule has 0 amide bonds. The van der Waals surface area contributed by atoms with Crippen molar-refractivity contribution in [2.24, 2.45) is 40.9 Å². The van der Waals surface area contributed by atoms with Crippen LogP contribution in [0.25, 0.3) is 27.2 Å². The molecule has 0 aliphatic rings. The van der Waals surface area contributed by atoms with Crippen molar-refractivity contribution in [2.45, 2.75) is 38.3 Å². The summed E-state index contributed by atoms with van der Waals surface area (Å²) in [6.45, 7) is 2.78. The van der Waals surface area contributed by atoms with Gasteiger partial charge in [0.15, 0.2) is 17.2 Å². The molecule has 420 valence electrons. The molecule has 1 aromatic heterocycles. The number of azo groups is 4. The summed E-state index contributed by atoms with van der Waals surface area (Å²) >= 11 is 0. The van der Waals surface area contributed by atoms with Gasteiger partial charge in [-0.1, -0.05) is 12.1 Å². The van der Waals surface area contributed by atoms with Gasteiger partial charge in [0.2, 0.25) is 0 Å². The maximum absolute atomic E-state index is 13.9. The van der Waals surface area contributed by atoms with E-state index in [0.29, 0.717) is 18.2 Å². The van der Waals surface area contributed by atoms with Crippen molar-refractivity contribution in [3.63, 3.8) is 0 Å². The van der Waals surface area contributed by atoms with Crippen molar-refractivity contribution < 1.29 is 89.7 Å². The SMILES string of the molecule is COc1cc(N=Nc2ccc(S(=O)(=O)O)cc2C(=O)O)c(C)cc1N=Nc1c(S(=O)(=O)O)cc2cc(S(=O)(=O)O)c(N=Nc3c(C)[nH]n(-c4ccc5c(O)c(N=Nc6ccccc6S(=O)(=O)O)c(S(=O)(=O)O)cc5c4)c3=O)cc2c1O. The van der Waals surface area contributed by atoms with Gasteiger partial charge >= 0.3 is 5.97 Å². The first-order chi connectivity index (χ1) is 37.7. The van der Waals surface area contributed by atoms with Gasteiger partial charge in [-0.05, 0) is 109 Å². The van der Waals surface area contributed by atoms with E-state index >= 15 is 0 Å². The Kier molecular flexibility index (Phi) is 15.2. The molecule has 0 saturated heterocycles. The van der Waals surface area contributed by atoms with Crippen LogP contribution in [0.3, 0.4) is 0 Å². The average molecular weight is 1210 g/mol. The van der Waals surface area contributed by atoms with Gasteiger partial charge in [-0.3, -0.25) is 32.7 Å². The summed E-state index contributed by atoms with van der Waals surface area (Å²) in [5.74, 6) is -3.71. The summed E-state index contributed by atoms with van der Waals surface area (Å²) in [4.78, 5) is 21.1. The van der Waals surface area contributed by atoms with Gasteiger partial charge in [-0.15, -0.1) is 35.8 Å². The molecule has 9 N–H and O–H groups in total. The Hall–Kier alpha value is -9.11. The van der Waals surface area contributed by atoms with Crippen LogP contribution >= 0.6 is 0 Å². The summed E-state index contributed by atoms with van der Waals surface area (Å²) in [5, 5.41) is 64.7. The number of hydrogen-bond donors (Lipinski definition) is 9. The molecule has 36 heteroatoms. The van der Waals surface area contributed by atoms with Gasteiger partial charge in [-0.25, -0.2) is 9.48 Å². The normalized spacial score (nSPS) is 13.0. The predicted octanol–water partition coefficient (Wildman–Crippen LogP) is 9.10. The molecule has 8 rings (SSSR count). The van der Waals surface area contributed by atoms with Crippen LogP contribution in [0.15, 0.2) is 167 Å². The third kappa shape index (κ3) is 11.9. The number of aryl methyl sites for hydroxylation is 2. The molecule has 0 atom stereocenters. The number of carboxylic acids is 1. The number of fused-ring (bicyclic) bond motifs is 2. The Morgan fingerprint density at radius 1 is 0.506 bits per heavy atom. The number of nitrogens with one attached hydrogen (secondary N) is 1. The molecule has 7 aromatic carbocycles. The van der Waals surface area contributed by atoms with E-state index in [-0.39, 0.29) is 50.5 Å². The van der Waals surface area contributed by atoms with Gasteiger partial charge in [0, 0.05) is 16.8 Å². The van der Waals surface area contributed by atoms with Crippen LogP contribution in [0.1, 0.15) is 21.6 Å². The molecule has 81 heavy (non-hydrogen) atoms. The van der Waals surface area contributed by atoms with Gasteiger partial charge in [0.1, 0.15) is 59.5 Å². The number of rotatable bonds is 16. The van der Waals surface area contributed by atoms with Crippen molar-refractivity contribution in [1.29, 1.82) is 0 Å². The monoisotopic (exact) mass is 1210 g/mol. The molecule has 0 unspecified atom stereocenters. The van der Waals surface area contributed by atoms with Crippen LogP contribution in [0.2, 0.25) is 0 Å². The Labute approximate surface area is 454 Å². The molecule has 1 heterocycles. The molecule has 8 aromatic rings. The number of phenolic OH excluding ortho intramolecular Hbond substituents is 2. The van der Waals surface area contributed by atoms with Gasteiger partial charge in [0.05, 0.1) is 34.6 Å². The average Bonchev–Trinajstić information content (AvgIpc) is 3.66. The second kappa shape index (κ2) is 21.2. The van der Waals surface area contributed by atoms with E-state index in [0.717, 1.165) is 47.1 Å². The second-order valence-electron chi connectivity index (χ2n) is 16.8. The zero-order chi connectivity index (χ0) is 59.5. The summed E-state index contributed by atoms with van der Waals surface area (Å²) < 4.78 is 179. The minimum absolute atomic E-state index is 0.0222. The maximum Gasteiger partial charge on any atom is 0.338 e. The van der Waals surface area contributed by atoms with E-state index in [2.05, 4.69) is 46.0 Å². The number of carboxylic acid groups (broad SMARTS) is 1. The Morgan fingerprint density at radius 3 is 1.60 bits per heavy atom. The number of ether oxygens (including phenoxy) is 1. The number of carbonyl (C=O) groups is 1. The molecular formula is C45H34N10O21S5. The summed E-state index contributed by atoms with van der Waals surface area (Å²) in [7, 11) is -24.4. The number of aromatic carboxylic acids is 1. The first-order valence-electron chi connectivity index (χ1n) is 21.8. The predicted molar refractivity (Wildman–Crippen MR) is 279 cm³/mol. The number of H-pyrrole nitrogens is 1. The highest BCUT2D eigenvalue weighted by Gasteiger charge is 2.28. The van der Waals surface area contributed by atoms with Gasteiger partial charge in [0.25, 0.3) is 56.1 Å². The van der Waals surface area contributed by atoms with Crippen molar-refractivity contribution in [1.82, 2.24) is 9.78 Å². The van der Waals surface area contributed by atoms with Crippen molar-refractivity contribution in [3.8, 4) is 22.9 Å². The number of benzene rings is 7. The molecule has 0 bridgehead atoms. The number of methoxy groups -OCH3 is 1. The highest BCUT2D eigenvalue weighted by Crippen LogP contribution is 2.46. The standard InChI is InChI=1S/C45H34N10O21S5/c1-20-12-32(34(76-3)19-31(20)48-46-29-11-9-25(77(61,62)63)17-28(29)45(59)60)49-53-41-38(81(73,74)75)16-23-14-36(79(67,68)69)33(18-27(23)43(41)57)50-51-39-21(2)54-55(44(39)58)24-8-10-26-22(13-24)15-37(80(70,71)72)40(42(26)56)52-47-30-6-4-5-7-35(30)78(64,65)66/h4-19,54,56-57H,1-3H3,(H,59,60)(H,61,62,63)(H,64,65,66)(H,67,68,69)(H,70,71,72)(H,73,74,75). The molecule has 0 saturated carbocycles. The lowest BCUT2D eigenvalue weighted by molar-refractivity contribution is 0.0697. The van der Waals surface area contributed by atoms with Gasteiger partial charge < -0.3 is 20.1 Å². The van der Waals surface area contributed by atoms with Crippen LogP contribution in [0, 0.1) is 13.8 Å². The van der Waals surface area contributed by atoms with Crippen molar-refractivity contribution in [3.05, 3.63) is 124 Å². The van der Waals surface area contributed by atoms with E-state index in [4.69, 9.17) is 4.74 Å². The van der Waals surface area contributed by atoms with Crippen LogP contribution in [-0.2, 0) is 50.6 Å². The molecular weight excluding hydrogens is 1180 g/mol. The summed E-state index contributed by atoms with van der Waals surface area (Å²) in [5.41, 5.74) is -5.55. The zero-order valence-corrected chi connectivity index (χ0v) is 44.8. The third-order valence-corrected chi connectivity index (χ3v) is 15.8. The lowest BCUT2D eigenvalue weighted by Gasteiger charge is -2.11. The van der Waals surface area contributed by atoms with Crippen LogP contribution in [0.4, 0.5) is 45.5 Å². The first kappa shape index (κ1) is 58.0. The number of phenols is 2. The van der Waals surface area contributed by atoms with Crippen molar-refractivity contribution >= 4 is 124 Å². The largest absolute Gasteiger partial charge is 0.505 e. The lowest BCUT2D eigenvalue weighted by Crippen LogP contribution is -2.14. The Morgan fingerprint density at radius 2 is 1.02 bits per heavy atom. The minimum atomic E-state index is -5.35. The number of aromatic amines is 1. The second-order valence-corrected chi connectivity index (χ2v) is 23.7. The Balaban J connectivity index is 1.17. The smallest absolute Gasteiger partial charge is 0.338 e. The lowest BCUT2D eigenvalue weighted by atomic mass is 10.1. The van der Waals surface area contributed by atoms with E-state index in [1.807, 2.05) is 0 Å². The van der Waals surface area contributed by atoms with Crippen LogP contribution in [-0.4, -0.2) is 103 Å². The van der Waals surface area contributed by atoms with Gasteiger partial charge in [-0.2, -0.15) is 47.2 Å². The zero-order valence-electron chi connectivity index (χ0n) is 40.7. The fraction of sp³-hybridized carbons (Fsp3) is 0.0667. The highest BCUT2D eigenvalue weighted by molar-refractivity contribution is 7.87. The number of hydrogen-bond acceptors (Lipinski definition) is 23. The third-order valence-electron chi connectivity index (χ3n) is 11.5. The molecule has 0 spiro atoms. The topological polar surface area (TPSA) is 496 Å². The molecule has 0 aliphatic carbocycles. The fourth-order valence-corrected chi connectivity index (χ4v) is 10.8. The summed E-state index contributed by atoms with van der Waals surface area (Å²) in [6.07, 6.45) is 0. The molecule has 0 radical (unpaired) electrons. The minimum Gasteiger partial charge on any atom is -0.505 e.